The largest absolute Gasteiger partial charge is 0.497 e. The highest BCUT2D eigenvalue weighted by molar-refractivity contribution is 5.60. The van der Waals surface area contributed by atoms with Gasteiger partial charge >= 0.3 is 0 Å². The topological polar surface area (TPSA) is 45.0 Å². The molecule has 16 heavy (non-hydrogen) atoms. The Labute approximate surface area is 97.0 Å². The molecule has 0 spiro atoms. The van der Waals surface area contributed by atoms with Crippen LogP contribution in [0.5, 0.6) is 5.75 Å². The molecule has 3 heteroatoms. The number of methoxy groups -OCH3 is 1. The SMILES string of the molecule is CCC(C)CNc1cc(OC)ccc1C#N. The Bertz CT molecular complexity index is 382. The van der Waals surface area contributed by atoms with E-state index in [-0.39, 0.29) is 0 Å². The van der Waals surface area contributed by atoms with E-state index in [4.69, 9.17) is 10.00 Å². The van der Waals surface area contributed by atoms with Crippen LogP contribution in [0, 0.1) is 17.2 Å². The number of ether oxygens (including phenoxy) is 1. The van der Waals surface area contributed by atoms with Gasteiger partial charge in [0.05, 0.1) is 18.4 Å². The Morgan fingerprint density at radius 2 is 2.25 bits per heavy atom. The summed E-state index contributed by atoms with van der Waals surface area (Å²) in [6.45, 7) is 5.21. The maximum Gasteiger partial charge on any atom is 0.121 e. The van der Waals surface area contributed by atoms with Gasteiger partial charge in [-0.3, -0.25) is 0 Å². The second kappa shape index (κ2) is 6.02. The Kier molecular flexibility index (Phi) is 4.65. The number of nitrogens with one attached hydrogen (secondary N) is 1. The highest BCUT2D eigenvalue weighted by atomic mass is 16.5. The molecule has 0 heterocycles. The number of benzene rings is 1. The molecule has 0 aromatic heterocycles. The first-order valence-corrected chi connectivity index (χ1v) is 5.53. The lowest BCUT2D eigenvalue weighted by Crippen LogP contribution is -2.11. The van der Waals surface area contributed by atoms with Gasteiger partial charge in [0.25, 0.3) is 0 Å². The van der Waals surface area contributed by atoms with Gasteiger partial charge in [-0.05, 0) is 18.1 Å². The van der Waals surface area contributed by atoms with Crippen LogP contribution >= 0.6 is 0 Å². The van der Waals surface area contributed by atoms with Crippen molar-refractivity contribution in [2.45, 2.75) is 20.3 Å². The zero-order valence-corrected chi connectivity index (χ0v) is 10.1. The van der Waals surface area contributed by atoms with Gasteiger partial charge in [0, 0.05) is 12.6 Å². The summed E-state index contributed by atoms with van der Waals surface area (Å²) in [6.07, 6.45) is 1.12. The average Bonchev–Trinajstić information content (AvgIpc) is 2.35. The zero-order chi connectivity index (χ0) is 12.0. The molecule has 0 aliphatic heterocycles. The number of rotatable bonds is 5. The van der Waals surface area contributed by atoms with E-state index in [9.17, 15) is 0 Å². The standard InChI is InChI=1S/C13H18N2O/c1-4-10(2)9-15-13-7-12(16-3)6-5-11(13)8-14/h5-7,10,15H,4,9H2,1-3H3. The van der Waals surface area contributed by atoms with E-state index in [0.717, 1.165) is 24.4 Å². The minimum absolute atomic E-state index is 0.595. The Morgan fingerprint density at radius 3 is 2.81 bits per heavy atom. The molecular weight excluding hydrogens is 200 g/mol. The van der Waals surface area contributed by atoms with Crippen molar-refractivity contribution >= 4 is 5.69 Å². The molecule has 1 rings (SSSR count). The van der Waals surface area contributed by atoms with E-state index in [0.29, 0.717) is 11.5 Å². The highest BCUT2D eigenvalue weighted by Crippen LogP contribution is 2.22. The van der Waals surface area contributed by atoms with Gasteiger partial charge in [0.15, 0.2) is 0 Å². The van der Waals surface area contributed by atoms with Crippen LogP contribution in [-0.2, 0) is 0 Å². The van der Waals surface area contributed by atoms with Crippen LogP contribution in [0.3, 0.4) is 0 Å². The zero-order valence-electron chi connectivity index (χ0n) is 10.1. The summed E-state index contributed by atoms with van der Waals surface area (Å²) in [6, 6.07) is 7.61. The summed E-state index contributed by atoms with van der Waals surface area (Å²) in [5, 5.41) is 12.3. The van der Waals surface area contributed by atoms with Crippen LogP contribution in [0.4, 0.5) is 5.69 Å². The fourth-order valence-electron chi connectivity index (χ4n) is 1.32. The predicted molar refractivity (Wildman–Crippen MR) is 65.7 cm³/mol. The molecule has 0 aliphatic carbocycles. The number of anilines is 1. The molecule has 0 bridgehead atoms. The first-order valence-electron chi connectivity index (χ1n) is 5.53. The Morgan fingerprint density at radius 1 is 1.50 bits per heavy atom. The third-order valence-corrected chi connectivity index (χ3v) is 2.69. The van der Waals surface area contributed by atoms with Crippen molar-refractivity contribution in [3.63, 3.8) is 0 Å². The van der Waals surface area contributed by atoms with Gasteiger partial charge in [-0.15, -0.1) is 0 Å². The molecule has 0 radical (unpaired) electrons. The van der Waals surface area contributed by atoms with E-state index in [1.807, 2.05) is 6.07 Å². The van der Waals surface area contributed by atoms with Crippen LogP contribution in [0.1, 0.15) is 25.8 Å². The monoisotopic (exact) mass is 218 g/mol. The molecule has 1 aromatic rings. The van der Waals surface area contributed by atoms with Crippen molar-refractivity contribution in [3.05, 3.63) is 23.8 Å². The maximum atomic E-state index is 8.97. The van der Waals surface area contributed by atoms with E-state index < -0.39 is 0 Å². The van der Waals surface area contributed by atoms with Gasteiger partial charge in [-0.25, -0.2) is 0 Å². The summed E-state index contributed by atoms with van der Waals surface area (Å²) in [4.78, 5) is 0. The summed E-state index contributed by atoms with van der Waals surface area (Å²) in [5.41, 5.74) is 1.51. The van der Waals surface area contributed by atoms with Gasteiger partial charge in [-0.2, -0.15) is 5.26 Å². The fraction of sp³-hybridized carbons (Fsp3) is 0.462. The molecule has 1 unspecified atom stereocenters. The predicted octanol–water partition coefficient (Wildman–Crippen LogP) is 3.02. The van der Waals surface area contributed by atoms with E-state index >= 15 is 0 Å². The van der Waals surface area contributed by atoms with Crippen molar-refractivity contribution in [3.8, 4) is 11.8 Å². The molecule has 3 nitrogen and oxygen atoms in total. The molecule has 0 saturated carbocycles. The van der Waals surface area contributed by atoms with Crippen LogP contribution in [0.25, 0.3) is 0 Å². The quantitative estimate of drug-likeness (QED) is 0.826. The van der Waals surface area contributed by atoms with Gasteiger partial charge < -0.3 is 10.1 Å². The molecule has 0 fully saturated rings. The smallest absolute Gasteiger partial charge is 0.121 e. The lowest BCUT2D eigenvalue weighted by Gasteiger charge is -2.13. The second-order valence-electron chi connectivity index (χ2n) is 3.92. The minimum atomic E-state index is 0.595. The van der Waals surface area contributed by atoms with Crippen molar-refractivity contribution in [1.29, 1.82) is 5.26 Å². The second-order valence-corrected chi connectivity index (χ2v) is 3.92. The van der Waals surface area contributed by atoms with Gasteiger partial charge in [0.1, 0.15) is 11.8 Å². The molecule has 1 atom stereocenters. The third-order valence-electron chi connectivity index (χ3n) is 2.69. The average molecular weight is 218 g/mol. The number of nitrogens with zero attached hydrogens (tertiary/aromatic N) is 1. The van der Waals surface area contributed by atoms with Gasteiger partial charge in [-0.1, -0.05) is 20.3 Å². The summed E-state index contributed by atoms with van der Waals surface area (Å²) >= 11 is 0. The van der Waals surface area contributed by atoms with E-state index in [2.05, 4.69) is 25.2 Å². The summed E-state index contributed by atoms with van der Waals surface area (Å²) < 4.78 is 5.14. The van der Waals surface area contributed by atoms with E-state index in [1.54, 1.807) is 19.2 Å². The third kappa shape index (κ3) is 3.16. The van der Waals surface area contributed by atoms with Crippen molar-refractivity contribution < 1.29 is 4.74 Å². The Balaban J connectivity index is 2.80. The minimum Gasteiger partial charge on any atom is -0.497 e. The lowest BCUT2D eigenvalue weighted by molar-refractivity contribution is 0.415. The van der Waals surface area contributed by atoms with Gasteiger partial charge in [0.2, 0.25) is 0 Å². The van der Waals surface area contributed by atoms with Crippen LogP contribution < -0.4 is 10.1 Å². The highest BCUT2D eigenvalue weighted by Gasteiger charge is 2.05. The lowest BCUT2D eigenvalue weighted by atomic mass is 10.1. The molecule has 0 saturated heterocycles. The number of hydrogen-bond acceptors (Lipinski definition) is 3. The molecule has 1 aromatic carbocycles. The summed E-state index contributed by atoms with van der Waals surface area (Å²) in [5.74, 6) is 1.36. The molecule has 0 amide bonds. The maximum absolute atomic E-state index is 8.97. The van der Waals surface area contributed by atoms with Crippen LogP contribution in [0.2, 0.25) is 0 Å². The van der Waals surface area contributed by atoms with E-state index in [1.165, 1.54) is 0 Å². The number of nitriles is 1. The first kappa shape index (κ1) is 12.4. The van der Waals surface area contributed by atoms with Crippen LogP contribution in [-0.4, -0.2) is 13.7 Å². The van der Waals surface area contributed by atoms with Crippen molar-refractivity contribution in [2.24, 2.45) is 5.92 Å². The fourth-order valence-corrected chi connectivity index (χ4v) is 1.32. The molecule has 1 N–H and O–H groups in total. The van der Waals surface area contributed by atoms with Crippen LogP contribution in [0.15, 0.2) is 18.2 Å². The van der Waals surface area contributed by atoms with Crippen molar-refractivity contribution in [1.82, 2.24) is 0 Å². The molecular formula is C13H18N2O. The summed E-state index contributed by atoms with van der Waals surface area (Å²) in [7, 11) is 1.62. The Hall–Kier alpha value is -1.69. The molecule has 86 valence electrons. The number of hydrogen-bond donors (Lipinski definition) is 1. The first-order chi connectivity index (χ1) is 7.71. The normalized spacial score (nSPS) is 11.6. The van der Waals surface area contributed by atoms with Crippen molar-refractivity contribution in [2.75, 3.05) is 19.0 Å². The molecule has 0 aliphatic rings.